The topological polar surface area (TPSA) is 65.1 Å². The molecule has 5 nitrogen and oxygen atoms in total. The van der Waals surface area contributed by atoms with Gasteiger partial charge in [0.05, 0.1) is 6.04 Å². The van der Waals surface area contributed by atoms with Gasteiger partial charge in [0.25, 0.3) is 0 Å². The molecule has 0 spiro atoms. The summed E-state index contributed by atoms with van der Waals surface area (Å²) in [4.78, 5) is 4.33. The van der Waals surface area contributed by atoms with Gasteiger partial charge in [-0.2, -0.15) is 0 Å². The Kier molecular flexibility index (Phi) is 5.40. The Bertz CT molecular complexity index is 543. The molecule has 0 aliphatic rings. The van der Waals surface area contributed by atoms with Crippen molar-refractivity contribution in [1.82, 2.24) is 15.0 Å². The van der Waals surface area contributed by atoms with E-state index in [1.165, 1.54) is 0 Å². The molecule has 0 saturated carbocycles. The Morgan fingerprint density at radius 3 is 3.05 bits per heavy atom. The van der Waals surface area contributed by atoms with Crippen LogP contribution in [-0.4, -0.2) is 22.2 Å². The molecule has 108 valence electrons. The molecule has 0 aliphatic heterocycles. The van der Waals surface area contributed by atoms with Crippen molar-refractivity contribution >= 4 is 11.6 Å². The third-order valence-corrected chi connectivity index (χ3v) is 3.29. The first-order valence-electron chi connectivity index (χ1n) is 6.57. The van der Waals surface area contributed by atoms with Crippen LogP contribution in [0.15, 0.2) is 36.7 Å². The van der Waals surface area contributed by atoms with E-state index in [-0.39, 0.29) is 6.04 Å². The summed E-state index contributed by atoms with van der Waals surface area (Å²) in [6, 6.07) is 7.30. The van der Waals surface area contributed by atoms with Crippen LogP contribution in [0.5, 0.6) is 5.75 Å². The third kappa shape index (κ3) is 3.96. The molecule has 2 aromatic rings. The van der Waals surface area contributed by atoms with Crippen LogP contribution >= 0.6 is 11.6 Å². The lowest BCUT2D eigenvalue weighted by molar-refractivity contribution is 0.261. The first-order chi connectivity index (χ1) is 9.72. The summed E-state index contributed by atoms with van der Waals surface area (Å²) < 4.78 is 7.79. The van der Waals surface area contributed by atoms with Crippen LogP contribution in [0.3, 0.4) is 0 Å². The number of aryl methyl sites for hydroxylation is 1. The standard InChI is InChI=1S/C14H19ClN4O/c1-2-19-7-6-17-14(19)9-12(18-16)10-20-13-5-3-4-11(15)8-13/h3-8,12,18H,2,9-10,16H2,1H3. The smallest absolute Gasteiger partial charge is 0.120 e. The summed E-state index contributed by atoms with van der Waals surface area (Å²) >= 11 is 5.92. The van der Waals surface area contributed by atoms with Gasteiger partial charge in [-0.1, -0.05) is 17.7 Å². The number of benzene rings is 1. The van der Waals surface area contributed by atoms with E-state index in [9.17, 15) is 0 Å². The average molecular weight is 295 g/mol. The number of imidazole rings is 1. The normalized spacial score (nSPS) is 12.3. The van der Waals surface area contributed by atoms with E-state index in [0.717, 1.165) is 18.1 Å². The SMILES string of the molecule is CCn1ccnc1CC(COc1cccc(Cl)c1)NN. The first-order valence-corrected chi connectivity index (χ1v) is 6.95. The summed E-state index contributed by atoms with van der Waals surface area (Å²) in [6.45, 7) is 3.42. The second-order valence-corrected chi connectivity index (χ2v) is 4.90. The zero-order chi connectivity index (χ0) is 14.4. The maximum absolute atomic E-state index is 5.92. The van der Waals surface area contributed by atoms with Crippen molar-refractivity contribution < 1.29 is 4.74 Å². The molecule has 1 aromatic heterocycles. The van der Waals surface area contributed by atoms with Crippen molar-refractivity contribution in [3.8, 4) is 5.75 Å². The highest BCUT2D eigenvalue weighted by molar-refractivity contribution is 6.30. The van der Waals surface area contributed by atoms with Gasteiger partial charge in [-0.15, -0.1) is 0 Å². The van der Waals surface area contributed by atoms with E-state index in [1.54, 1.807) is 12.3 Å². The predicted octanol–water partition coefficient (Wildman–Crippen LogP) is 2.01. The molecule has 0 fully saturated rings. The zero-order valence-electron chi connectivity index (χ0n) is 11.4. The summed E-state index contributed by atoms with van der Waals surface area (Å²) in [5.41, 5.74) is 2.77. The first kappa shape index (κ1) is 14.8. The van der Waals surface area contributed by atoms with Crippen LogP contribution in [0.4, 0.5) is 0 Å². The Labute approximate surface area is 123 Å². The van der Waals surface area contributed by atoms with Crippen molar-refractivity contribution in [3.63, 3.8) is 0 Å². The molecule has 3 N–H and O–H groups in total. The van der Waals surface area contributed by atoms with E-state index in [0.29, 0.717) is 18.1 Å². The number of rotatable bonds is 7. The molecule has 1 heterocycles. The van der Waals surface area contributed by atoms with Gasteiger partial charge in [0.15, 0.2) is 0 Å². The van der Waals surface area contributed by atoms with Gasteiger partial charge in [0.1, 0.15) is 18.2 Å². The van der Waals surface area contributed by atoms with Gasteiger partial charge in [0, 0.05) is 30.4 Å². The molecule has 20 heavy (non-hydrogen) atoms. The van der Waals surface area contributed by atoms with E-state index in [2.05, 4.69) is 21.9 Å². The Balaban J connectivity index is 1.92. The summed E-state index contributed by atoms with van der Waals surface area (Å²) in [7, 11) is 0. The van der Waals surface area contributed by atoms with Crippen LogP contribution in [0.25, 0.3) is 0 Å². The Hall–Kier alpha value is -1.56. The predicted molar refractivity (Wildman–Crippen MR) is 79.7 cm³/mol. The highest BCUT2D eigenvalue weighted by atomic mass is 35.5. The van der Waals surface area contributed by atoms with Crippen molar-refractivity contribution in [1.29, 1.82) is 0 Å². The lowest BCUT2D eigenvalue weighted by atomic mass is 10.2. The number of nitrogens with zero attached hydrogens (tertiary/aromatic N) is 2. The fraction of sp³-hybridized carbons (Fsp3) is 0.357. The van der Waals surface area contributed by atoms with Crippen molar-refractivity contribution in [2.75, 3.05) is 6.61 Å². The number of hydrogen-bond donors (Lipinski definition) is 2. The van der Waals surface area contributed by atoms with Crippen molar-refractivity contribution in [3.05, 3.63) is 47.5 Å². The van der Waals surface area contributed by atoms with Crippen LogP contribution in [-0.2, 0) is 13.0 Å². The zero-order valence-corrected chi connectivity index (χ0v) is 12.2. The molecule has 1 aromatic carbocycles. The van der Waals surface area contributed by atoms with Crippen LogP contribution in [0.1, 0.15) is 12.7 Å². The summed E-state index contributed by atoms with van der Waals surface area (Å²) in [5.74, 6) is 7.31. The maximum Gasteiger partial charge on any atom is 0.120 e. The number of hydrazine groups is 1. The third-order valence-electron chi connectivity index (χ3n) is 3.05. The number of ether oxygens (including phenoxy) is 1. The van der Waals surface area contributed by atoms with E-state index in [1.807, 2.05) is 24.4 Å². The number of hydrogen-bond acceptors (Lipinski definition) is 4. The Morgan fingerprint density at radius 1 is 1.50 bits per heavy atom. The summed E-state index contributed by atoms with van der Waals surface area (Å²) in [6.07, 6.45) is 4.46. The van der Waals surface area contributed by atoms with Gasteiger partial charge in [-0.05, 0) is 25.1 Å². The number of halogens is 1. The molecule has 1 atom stereocenters. The fourth-order valence-electron chi connectivity index (χ4n) is 1.96. The lowest BCUT2D eigenvalue weighted by Crippen LogP contribution is -2.41. The quantitative estimate of drug-likeness (QED) is 0.606. The Morgan fingerprint density at radius 2 is 2.35 bits per heavy atom. The molecule has 0 radical (unpaired) electrons. The minimum Gasteiger partial charge on any atom is -0.492 e. The van der Waals surface area contributed by atoms with Crippen molar-refractivity contribution in [2.45, 2.75) is 25.9 Å². The fourth-order valence-corrected chi connectivity index (χ4v) is 2.14. The van der Waals surface area contributed by atoms with Gasteiger partial charge >= 0.3 is 0 Å². The highest BCUT2D eigenvalue weighted by Crippen LogP contribution is 2.17. The monoisotopic (exact) mass is 294 g/mol. The number of nitrogens with two attached hydrogens (primary N) is 1. The highest BCUT2D eigenvalue weighted by Gasteiger charge is 2.12. The van der Waals surface area contributed by atoms with Crippen LogP contribution in [0.2, 0.25) is 5.02 Å². The molecule has 1 unspecified atom stereocenters. The number of nitrogens with one attached hydrogen (secondary N) is 1. The molecule has 0 bridgehead atoms. The van der Waals surface area contributed by atoms with E-state index < -0.39 is 0 Å². The molecule has 2 rings (SSSR count). The molecular formula is C14H19ClN4O. The van der Waals surface area contributed by atoms with Crippen molar-refractivity contribution in [2.24, 2.45) is 5.84 Å². The lowest BCUT2D eigenvalue weighted by Gasteiger charge is -2.17. The average Bonchev–Trinajstić information content (AvgIpc) is 2.90. The summed E-state index contributed by atoms with van der Waals surface area (Å²) in [5, 5.41) is 0.654. The van der Waals surface area contributed by atoms with E-state index in [4.69, 9.17) is 22.2 Å². The largest absolute Gasteiger partial charge is 0.492 e. The molecule has 0 aliphatic carbocycles. The van der Waals surface area contributed by atoms with Gasteiger partial charge in [-0.3, -0.25) is 11.3 Å². The molecule has 0 amide bonds. The van der Waals surface area contributed by atoms with Gasteiger partial charge < -0.3 is 9.30 Å². The van der Waals surface area contributed by atoms with E-state index >= 15 is 0 Å². The molecule has 6 heteroatoms. The minimum absolute atomic E-state index is 0.0123. The maximum atomic E-state index is 5.92. The molecular weight excluding hydrogens is 276 g/mol. The minimum atomic E-state index is -0.0123. The van der Waals surface area contributed by atoms with Gasteiger partial charge in [0.2, 0.25) is 0 Å². The second-order valence-electron chi connectivity index (χ2n) is 4.47. The van der Waals surface area contributed by atoms with Gasteiger partial charge in [-0.25, -0.2) is 4.98 Å². The van der Waals surface area contributed by atoms with Crippen LogP contribution in [0, 0.1) is 0 Å². The molecule has 0 saturated heterocycles. The van der Waals surface area contributed by atoms with Crippen LogP contribution < -0.4 is 16.0 Å². The number of aromatic nitrogens is 2. The second kappa shape index (κ2) is 7.28.